The van der Waals surface area contributed by atoms with Crippen LogP contribution in [0.2, 0.25) is 0 Å². The number of methoxy groups -OCH3 is 1. The number of thiophene rings is 1. The van der Waals surface area contributed by atoms with E-state index in [2.05, 4.69) is 4.74 Å². The summed E-state index contributed by atoms with van der Waals surface area (Å²) in [5, 5.41) is 0. The molecule has 0 unspecified atom stereocenters. The second kappa shape index (κ2) is 5.87. The van der Waals surface area contributed by atoms with E-state index < -0.39 is 16.1 Å². The molecule has 21 heavy (non-hydrogen) atoms. The summed E-state index contributed by atoms with van der Waals surface area (Å²) in [5.41, 5.74) is 0.0631. The van der Waals surface area contributed by atoms with Gasteiger partial charge in [-0.1, -0.05) is 12.1 Å². The van der Waals surface area contributed by atoms with Crippen LogP contribution in [0.5, 0.6) is 5.75 Å². The Morgan fingerprint density at radius 2 is 1.86 bits per heavy atom. The molecule has 2 rings (SSSR count). The van der Waals surface area contributed by atoms with Gasteiger partial charge >= 0.3 is 16.1 Å². The van der Waals surface area contributed by atoms with E-state index in [-0.39, 0.29) is 16.2 Å². The highest BCUT2D eigenvalue weighted by atomic mass is 32.2. The molecule has 2 aromatic rings. The number of aryl methyl sites for hydroxylation is 2. The minimum absolute atomic E-state index is 0.0485. The monoisotopic (exact) mass is 326 g/mol. The summed E-state index contributed by atoms with van der Waals surface area (Å²) in [6, 6.07) is 7.60. The van der Waals surface area contributed by atoms with Gasteiger partial charge < -0.3 is 8.92 Å². The Kier molecular flexibility index (Phi) is 4.34. The number of para-hydroxylation sites is 1. The lowest BCUT2D eigenvalue weighted by Crippen LogP contribution is -2.13. The van der Waals surface area contributed by atoms with Crippen molar-refractivity contribution in [3.63, 3.8) is 0 Å². The Labute approximate surface area is 127 Å². The van der Waals surface area contributed by atoms with E-state index in [1.807, 2.05) is 6.92 Å². The second-order valence-corrected chi connectivity index (χ2v) is 7.28. The third-order valence-corrected chi connectivity index (χ3v) is 5.21. The average Bonchev–Trinajstić information content (AvgIpc) is 2.78. The largest absolute Gasteiger partial charge is 0.465 e. The predicted molar refractivity (Wildman–Crippen MR) is 79.4 cm³/mol. The molecule has 1 aromatic heterocycles. The Morgan fingerprint density at radius 3 is 2.43 bits per heavy atom. The number of carbonyl (C=O) groups is 1. The number of hydrogen-bond donors (Lipinski definition) is 0. The van der Waals surface area contributed by atoms with Crippen LogP contribution in [-0.2, 0) is 14.9 Å². The highest BCUT2D eigenvalue weighted by Gasteiger charge is 2.24. The SMILES string of the molecule is COC(=O)c1ccccc1OS(=O)(=O)c1cc(C)sc1C. The Morgan fingerprint density at radius 1 is 1.19 bits per heavy atom. The van der Waals surface area contributed by atoms with Crippen molar-refractivity contribution < 1.29 is 22.1 Å². The zero-order valence-electron chi connectivity index (χ0n) is 11.7. The summed E-state index contributed by atoms with van der Waals surface area (Å²) in [6.07, 6.45) is 0. The van der Waals surface area contributed by atoms with Gasteiger partial charge in [-0.05, 0) is 32.0 Å². The number of ether oxygens (including phenoxy) is 1. The van der Waals surface area contributed by atoms with Gasteiger partial charge in [-0.3, -0.25) is 0 Å². The molecule has 0 aliphatic rings. The quantitative estimate of drug-likeness (QED) is 0.638. The van der Waals surface area contributed by atoms with E-state index in [9.17, 15) is 13.2 Å². The molecule has 1 aromatic carbocycles. The summed E-state index contributed by atoms with van der Waals surface area (Å²) < 4.78 is 34.4. The van der Waals surface area contributed by atoms with Gasteiger partial charge in [0.15, 0.2) is 5.75 Å². The van der Waals surface area contributed by atoms with E-state index in [0.717, 1.165) is 4.88 Å². The number of benzene rings is 1. The second-order valence-electron chi connectivity index (χ2n) is 4.30. The van der Waals surface area contributed by atoms with Crippen molar-refractivity contribution in [2.24, 2.45) is 0 Å². The van der Waals surface area contributed by atoms with E-state index in [0.29, 0.717) is 4.88 Å². The third kappa shape index (κ3) is 3.25. The molecule has 5 nitrogen and oxygen atoms in total. The van der Waals surface area contributed by atoms with Crippen LogP contribution in [0.1, 0.15) is 20.1 Å². The van der Waals surface area contributed by atoms with Crippen LogP contribution in [0.3, 0.4) is 0 Å². The number of rotatable bonds is 4. The van der Waals surface area contributed by atoms with E-state index in [1.54, 1.807) is 25.1 Å². The maximum absolute atomic E-state index is 12.3. The minimum atomic E-state index is -3.98. The number of carbonyl (C=O) groups excluding carboxylic acids is 1. The van der Waals surface area contributed by atoms with Crippen molar-refractivity contribution in [3.8, 4) is 5.75 Å². The molecular formula is C14H14O5S2. The molecule has 0 saturated heterocycles. The van der Waals surface area contributed by atoms with Gasteiger partial charge in [0.2, 0.25) is 0 Å². The molecular weight excluding hydrogens is 312 g/mol. The molecule has 0 aliphatic heterocycles. The van der Waals surface area contributed by atoms with Crippen LogP contribution >= 0.6 is 11.3 Å². The van der Waals surface area contributed by atoms with Crippen molar-refractivity contribution in [2.75, 3.05) is 7.11 Å². The van der Waals surface area contributed by atoms with Crippen molar-refractivity contribution in [2.45, 2.75) is 18.7 Å². The summed E-state index contributed by atoms with van der Waals surface area (Å²) in [5.74, 6) is -0.702. The van der Waals surface area contributed by atoms with Gasteiger partial charge in [-0.15, -0.1) is 11.3 Å². The lowest BCUT2D eigenvalue weighted by molar-refractivity contribution is 0.0599. The van der Waals surface area contributed by atoms with Gasteiger partial charge in [-0.25, -0.2) is 4.79 Å². The van der Waals surface area contributed by atoms with Crippen LogP contribution in [0.15, 0.2) is 35.2 Å². The predicted octanol–water partition coefficient (Wildman–Crippen LogP) is 2.92. The molecule has 0 bridgehead atoms. The Bertz CT molecular complexity index is 774. The summed E-state index contributed by atoms with van der Waals surface area (Å²) >= 11 is 1.37. The highest BCUT2D eigenvalue weighted by molar-refractivity contribution is 7.87. The third-order valence-electron chi connectivity index (χ3n) is 2.76. The van der Waals surface area contributed by atoms with Gasteiger partial charge in [0, 0.05) is 9.75 Å². The molecule has 1 heterocycles. The van der Waals surface area contributed by atoms with Gasteiger partial charge in [-0.2, -0.15) is 8.42 Å². The van der Waals surface area contributed by atoms with Crippen LogP contribution in [-0.4, -0.2) is 21.5 Å². The van der Waals surface area contributed by atoms with Crippen LogP contribution in [0.4, 0.5) is 0 Å². The highest BCUT2D eigenvalue weighted by Crippen LogP contribution is 2.29. The smallest absolute Gasteiger partial charge is 0.341 e. The number of esters is 1. The standard InChI is InChI=1S/C14H14O5S2/c1-9-8-13(10(2)20-9)21(16,17)19-12-7-5-4-6-11(12)14(15)18-3/h4-8H,1-3H3. The minimum Gasteiger partial charge on any atom is -0.465 e. The summed E-state index contributed by atoms with van der Waals surface area (Å²) in [6.45, 7) is 3.53. The van der Waals surface area contributed by atoms with Crippen molar-refractivity contribution in [1.82, 2.24) is 0 Å². The van der Waals surface area contributed by atoms with Gasteiger partial charge in [0.25, 0.3) is 0 Å². The van der Waals surface area contributed by atoms with Crippen molar-refractivity contribution >= 4 is 27.4 Å². The van der Waals surface area contributed by atoms with Gasteiger partial charge in [0.05, 0.1) is 7.11 Å². The van der Waals surface area contributed by atoms with Crippen molar-refractivity contribution in [3.05, 3.63) is 45.6 Å². The maximum Gasteiger partial charge on any atom is 0.341 e. The fourth-order valence-electron chi connectivity index (χ4n) is 1.84. The normalized spacial score (nSPS) is 11.2. The maximum atomic E-state index is 12.3. The topological polar surface area (TPSA) is 69.7 Å². The zero-order valence-corrected chi connectivity index (χ0v) is 13.4. The number of hydrogen-bond acceptors (Lipinski definition) is 6. The van der Waals surface area contributed by atoms with E-state index >= 15 is 0 Å². The fourth-order valence-corrected chi connectivity index (χ4v) is 4.31. The molecule has 0 radical (unpaired) electrons. The van der Waals surface area contributed by atoms with Crippen molar-refractivity contribution in [1.29, 1.82) is 0 Å². The first-order valence-corrected chi connectivity index (χ1v) is 8.26. The molecule has 0 amide bonds. The summed E-state index contributed by atoms with van der Waals surface area (Å²) in [4.78, 5) is 13.3. The van der Waals surface area contributed by atoms with E-state index in [1.165, 1.54) is 30.6 Å². The lowest BCUT2D eigenvalue weighted by atomic mass is 10.2. The molecule has 0 atom stereocenters. The zero-order chi connectivity index (χ0) is 15.6. The van der Waals surface area contributed by atoms with Crippen LogP contribution < -0.4 is 4.18 Å². The van der Waals surface area contributed by atoms with Crippen LogP contribution in [0.25, 0.3) is 0 Å². The fraction of sp³-hybridized carbons (Fsp3) is 0.214. The molecule has 0 spiro atoms. The molecule has 0 fully saturated rings. The summed E-state index contributed by atoms with van der Waals surface area (Å²) in [7, 11) is -2.76. The lowest BCUT2D eigenvalue weighted by Gasteiger charge is -2.09. The Hall–Kier alpha value is -1.86. The van der Waals surface area contributed by atoms with E-state index in [4.69, 9.17) is 4.18 Å². The molecule has 0 N–H and O–H groups in total. The van der Waals surface area contributed by atoms with Crippen LogP contribution in [0, 0.1) is 13.8 Å². The first-order valence-electron chi connectivity index (χ1n) is 6.04. The first kappa shape index (κ1) is 15.5. The molecule has 112 valence electrons. The molecule has 0 saturated carbocycles. The van der Waals surface area contributed by atoms with Gasteiger partial charge in [0.1, 0.15) is 10.5 Å². The molecule has 7 heteroatoms. The Balaban J connectivity index is 2.42. The average molecular weight is 326 g/mol. The first-order chi connectivity index (χ1) is 9.85. The molecule has 0 aliphatic carbocycles.